The van der Waals surface area contributed by atoms with Crippen molar-refractivity contribution in [3.05, 3.63) is 59.7 Å². The Morgan fingerprint density at radius 2 is 1.77 bits per heavy atom. The molecule has 2 aliphatic rings. The number of halogens is 4. The van der Waals surface area contributed by atoms with Crippen LogP contribution in [0.15, 0.2) is 42.6 Å². The highest BCUT2D eigenvalue weighted by molar-refractivity contribution is 5.96. The van der Waals surface area contributed by atoms with E-state index in [2.05, 4.69) is 4.98 Å². The van der Waals surface area contributed by atoms with E-state index in [9.17, 15) is 27.2 Å². The first-order valence-corrected chi connectivity index (χ1v) is 9.70. The Bertz CT molecular complexity index is 986. The fraction of sp³-hybridized carbons (Fsp3) is 0.381. The molecule has 2 aliphatic heterocycles. The maximum atomic E-state index is 13.2. The summed E-state index contributed by atoms with van der Waals surface area (Å²) in [6.07, 6.45) is -3.02. The molecule has 0 aliphatic carbocycles. The minimum absolute atomic E-state index is 0.161. The second kappa shape index (κ2) is 7.92. The number of ether oxygens (including phenoxy) is 1. The van der Waals surface area contributed by atoms with Gasteiger partial charge in [0.25, 0.3) is 11.8 Å². The number of pyridine rings is 1. The van der Waals surface area contributed by atoms with Crippen LogP contribution >= 0.6 is 0 Å². The molecular weight excluding hydrogens is 418 g/mol. The van der Waals surface area contributed by atoms with Gasteiger partial charge in [-0.1, -0.05) is 0 Å². The Morgan fingerprint density at radius 1 is 1.10 bits per heavy atom. The van der Waals surface area contributed by atoms with Crippen molar-refractivity contribution in [1.29, 1.82) is 0 Å². The molecule has 2 fully saturated rings. The van der Waals surface area contributed by atoms with Gasteiger partial charge in [-0.25, -0.2) is 4.39 Å². The summed E-state index contributed by atoms with van der Waals surface area (Å²) in [5.41, 5.74) is -1.88. The number of nitrogens with zero attached hydrogens (tertiary/aromatic N) is 3. The highest BCUT2D eigenvalue weighted by atomic mass is 19.4. The zero-order chi connectivity index (χ0) is 22.2. The summed E-state index contributed by atoms with van der Waals surface area (Å²) in [6, 6.07) is 7.95. The first kappa shape index (κ1) is 21.2. The fourth-order valence-electron chi connectivity index (χ4n) is 3.96. The first-order valence-electron chi connectivity index (χ1n) is 9.70. The zero-order valence-corrected chi connectivity index (χ0v) is 16.4. The third-order valence-electron chi connectivity index (χ3n) is 5.66. The Labute approximate surface area is 175 Å². The molecule has 0 atom stereocenters. The molecule has 4 rings (SSSR count). The van der Waals surface area contributed by atoms with Gasteiger partial charge in [-0.2, -0.15) is 13.2 Å². The predicted octanol–water partition coefficient (Wildman–Crippen LogP) is 3.28. The van der Waals surface area contributed by atoms with Crippen molar-refractivity contribution in [3.8, 4) is 0 Å². The molecular formula is C21H19F4N3O3. The Balaban J connectivity index is 1.48. The molecule has 6 nitrogen and oxygen atoms in total. The van der Waals surface area contributed by atoms with E-state index in [-0.39, 0.29) is 32.1 Å². The summed E-state index contributed by atoms with van der Waals surface area (Å²) in [5, 5.41) is 0. The van der Waals surface area contributed by atoms with Crippen LogP contribution in [0.25, 0.3) is 0 Å². The predicted molar refractivity (Wildman–Crippen MR) is 102 cm³/mol. The van der Waals surface area contributed by atoms with Crippen LogP contribution in [0.1, 0.15) is 28.9 Å². The standard InChI is InChI=1S/C21H19F4N3O3/c22-14-3-5-15(6-4-14)28-13-20(31-12-17(28)29)7-10-27(11-8-20)19(30)16-2-1-9-26-18(16)21(23,24)25/h1-6,9H,7-8,10-13H2. The molecule has 2 saturated heterocycles. The van der Waals surface area contributed by atoms with Crippen molar-refractivity contribution in [2.75, 3.05) is 31.1 Å². The number of likely N-dealkylation sites (tertiary alicyclic amines) is 1. The van der Waals surface area contributed by atoms with E-state index < -0.39 is 34.8 Å². The molecule has 10 heteroatoms. The van der Waals surface area contributed by atoms with Crippen LogP contribution < -0.4 is 4.90 Å². The Kier molecular flexibility index (Phi) is 5.42. The Hall–Kier alpha value is -3.01. The number of piperidine rings is 1. The van der Waals surface area contributed by atoms with Crippen LogP contribution in [0.5, 0.6) is 0 Å². The van der Waals surface area contributed by atoms with E-state index in [0.717, 1.165) is 12.3 Å². The topological polar surface area (TPSA) is 62.7 Å². The summed E-state index contributed by atoms with van der Waals surface area (Å²) < 4.78 is 58.7. The molecule has 0 N–H and O–H groups in total. The molecule has 2 amide bonds. The highest BCUT2D eigenvalue weighted by Crippen LogP contribution is 2.35. The van der Waals surface area contributed by atoms with Crippen molar-refractivity contribution in [1.82, 2.24) is 9.88 Å². The molecule has 164 valence electrons. The van der Waals surface area contributed by atoms with Gasteiger partial charge in [0.05, 0.1) is 17.7 Å². The summed E-state index contributed by atoms with van der Waals surface area (Å²) in [5.74, 6) is -1.42. The monoisotopic (exact) mass is 437 g/mol. The van der Waals surface area contributed by atoms with Gasteiger partial charge in [0, 0.05) is 25.0 Å². The van der Waals surface area contributed by atoms with Crippen molar-refractivity contribution < 1.29 is 31.9 Å². The molecule has 1 aromatic heterocycles. The van der Waals surface area contributed by atoms with E-state index in [0.29, 0.717) is 18.5 Å². The third-order valence-corrected chi connectivity index (χ3v) is 5.66. The van der Waals surface area contributed by atoms with Gasteiger partial charge in [0.15, 0.2) is 5.69 Å². The van der Waals surface area contributed by atoms with Gasteiger partial charge < -0.3 is 14.5 Å². The molecule has 0 unspecified atom stereocenters. The number of alkyl halides is 3. The Morgan fingerprint density at radius 3 is 2.42 bits per heavy atom. The lowest BCUT2D eigenvalue weighted by Crippen LogP contribution is -2.59. The van der Waals surface area contributed by atoms with Crippen molar-refractivity contribution in [2.24, 2.45) is 0 Å². The SMILES string of the molecule is O=C(c1cccnc1C(F)(F)F)N1CCC2(CC1)CN(c1ccc(F)cc1)C(=O)CO2. The molecule has 1 spiro atoms. The van der Waals surface area contributed by atoms with E-state index in [1.807, 2.05) is 0 Å². The minimum Gasteiger partial charge on any atom is -0.363 e. The summed E-state index contributed by atoms with van der Waals surface area (Å²) in [7, 11) is 0. The molecule has 2 aromatic rings. The quantitative estimate of drug-likeness (QED) is 0.677. The van der Waals surface area contributed by atoms with Crippen LogP contribution in [-0.2, 0) is 15.7 Å². The number of carbonyl (C=O) groups is 2. The molecule has 0 bridgehead atoms. The molecule has 3 heterocycles. The number of hydrogen-bond acceptors (Lipinski definition) is 4. The number of morpholine rings is 1. The molecule has 1 aromatic carbocycles. The lowest BCUT2D eigenvalue weighted by atomic mass is 9.88. The summed E-state index contributed by atoms with van der Waals surface area (Å²) in [4.78, 5) is 31.3. The van der Waals surface area contributed by atoms with E-state index >= 15 is 0 Å². The maximum Gasteiger partial charge on any atom is 0.434 e. The van der Waals surface area contributed by atoms with Gasteiger partial charge in [-0.3, -0.25) is 14.6 Å². The average molecular weight is 437 g/mol. The van der Waals surface area contributed by atoms with Crippen molar-refractivity contribution in [3.63, 3.8) is 0 Å². The maximum absolute atomic E-state index is 13.2. The lowest BCUT2D eigenvalue weighted by molar-refractivity contribution is -0.144. The number of aromatic nitrogens is 1. The average Bonchev–Trinajstić information content (AvgIpc) is 2.76. The molecule has 0 radical (unpaired) electrons. The van der Waals surface area contributed by atoms with E-state index in [4.69, 9.17) is 4.74 Å². The highest BCUT2D eigenvalue weighted by Gasteiger charge is 2.44. The van der Waals surface area contributed by atoms with Gasteiger partial charge in [-0.15, -0.1) is 0 Å². The van der Waals surface area contributed by atoms with Crippen LogP contribution in [0, 0.1) is 5.82 Å². The van der Waals surface area contributed by atoms with Gasteiger partial charge in [-0.05, 0) is 49.2 Å². The lowest BCUT2D eigenvalue weighted by Gasteiger charge is -2.47. The van der Waals surface area contributed by atoms with E-state index in [1.54, 1.807) is 0 Å². The van der Waals surface area contributed by atoms with Gasteiger partial charge in [0.2, 0.25) is 0 Å². The zero-order valence-electron chi connectivity index (χ0n) is 16.4. The van der Waals surface area contributed by atoms with Crippen LogP contribution in [0.2, 0.25) is 0 Å². The number of hydrogen-bond donors (Lipinski definition) is 0. The number of amides is 2. The largest absolute Gasteiger partial charge is 0.434 e. The third kappa shape index (κ3) is 4.25. The van der Waals surface area contributed by atoms with Crippen LogP contribution in [-0.4, -0.2) is 53.5 Å². The normalized spacial score (nSPS) is 19.0. The summed E-state index contributed by atoms with van der Waals surface area (Å²) in [6.45, 7) is 0.416. The number of anilines is 1. The number of carbonyl (C=O) groups excluding carboxylic acids is 2. The fourth-order valence-corrected chi connectivity index (χ4v) is 3.96. The first-order chi connectivity index (χ1) is 14.7. The van der Waals surface area contributed by atoms with Crippen LogP contribution in [0.4, 0.5) is 23.2 Å². The smallest absolute Gasteiger partial charge is 0.363 e. The molecule has 31 heavy (non-hydrogen) atoms. The minimum atomic E-state index is -4.73. The van der Waals surface area contributed by atoms with Crippen molar-refractivity contribution >= 4 is 17.5 Å². The summed E-state index contributed by atoms with van der Waals surface area (Å²) >= 11 is 0. The number of benzene rings is 1. The van der Waals surface area contributed by atoms with Gasteiger partial charge >= 0.3 is 6.18 Å². The molecule has 0 saturated carbocycles. The van der Waals surface area contributed by atoms with Crippen LogP contribution in [0.3, 0.4) is 0 Å². The number of rotatable bonds is 2. The second-order valence-electron chi connectivity index (χ2n) is 7.62. The van der Waals surface area contributed by atoms with Gasteiger partial charge in [0.1, 0.15) is 12.4 Å². The van der Waals surface area contributed by atoms with Crippen molar-refractivity contribution in [2.45, 2.75) is 24.6 Å². The van der Waals surface area contributed by atoms with E-state index in [1.165, 1.54) is 40.1 Å². The second-order valence-corrected chi connectivity index (χ2v) is 7.62.